The van der Waals surface area contributed by atoms with Crippen LogP contribution in [0.3, 0.4) is 0 Å². The van der Waals surface area contributed by atoms with Crippen LogP contribution in [0.5, 0.6) is 0 Å². The summed E-state index contributed by atoms with van der Waals surface area (Å²) in [6.45, 7) is 17.2. The van der Waals surface area contributed by atoms with Gasteiger partial charge in [-0.1, -0.05) is 92.0 Å². The molecule has 2 atom stereocenters. The average molecular weight is 500 g/mol. The van der Waals surface area contributed by atoms with Gasteiger partial charge in [0.15, 0.2) is 0 Å². The molecule has 1 N–H and O–H groups in total. The van der Waals surface area contributed by atoms with E-state index in [9.17, 15) is 5.41 Å². The van der Waals surface area contributed by atoms with Gasteiger partial charge in [0.2, 0.25) is 0 Å². The Morgan fingerprint density at radius 1 is 1.11 bits per heavy atom. The fourth-order valence-electron chi connectivity index (χ4n) is 6.01. The largest absolute Gasteiger partial charge is 0.300 e. The van der Waals surface area contributed by atoms with E-state index in [2.05, 4.69) is 95.5 Å². The maximum atomic E-state index is 9.21. The zero-order valence-corrected chi connectivity index (χ0v) is 23.7. The van der Waals surface area contributed by atoms with Crippen molar-refractivity contribution in [1.29, 1.82) is 5.41 Å². The van der Waals surface area contributed by atoms with Crippen molar-refractivity contribution in [2.75, 3.05) is 0 Å². The molecule has 1 aromatic rings. The van der Waals surface area contributed by atoms with Gasteiger partial charge < -0.3 is 5.41 Å². The Morgan fingerprint density at radius 3 is 2.47 bits per heavy atom. The van der Waals surface area contributed by atoms with Gasteiger partial charge in [-0.05, 0) is 110 Å². The van der Waals surface area contributed by atoms with Crippen LogP contribution in [0.25, 0.3) is 0 Å². The first-order valence-electron chi connectivity index (χ1n) is 14.1. The summed E-state index contributed by atoms with van der Waals surface area (Å²) in [5.74, 6) is 1.31. The van der Waals surface area contributed by atoms with Crippen LogP contribution in [-0.2, 0) is 0 Å². The van der Waals surface area contributed by atoms with Crippen LogP contribution >= 0.6 is 0 Å². The molecule has 194 valence electrons. The predicted octanol–water partition coefficient (Wildman–Crippen LogP) is 9.37. The van der Waals surface area contributed by atoms with E-state index in [0.29, 0.717) is 23.5 Å². The van der Waals surface area contributed by atoms with Crippen molar-refractivity contribution < 1.29 is 0 Å². The molecular formula is C36H42BN. The molecule has 2 heteroatoms. The van der Waals surface area contributed by atoms with Crippen molar-refractivity contribution >= 4 is 13.6 Å². The van der Waals surface area contributed by atoms with Crippen molar-refractivity contribution in [3.8, 4) is 0 Å². The van der Waals surface area contributed by atoms with Gasteiger partial charge in [-0.2, -0.15) is 0 Å². The second-order valence-corrected chi connectivity index (χ2v) is 11.5. The lowest BCUT2D eigenvalue weighted by molar-refractivity contribution is 0.525. The van der Waals surface area contributed by atoms with Crippen LogP contribution in [0.15, 0.2) is 113 Å². The van der Waals surface area contributed by atoms with Crippen LogP contribution < -0.4 is 0 Å². The minimum atomic E-state index is 0.428. The molecule has 1 aromatic carbocycles. The third-order valence-corrected chi connectivity index (χ3v) is 8.33. The summed E-state index contributed by atoms with van der Waals surface area (Å²) in [5.41, 5.74) is 12.3. The number of hydrogen-bond donors (Lipinski definition) is 1. The van der Waals surface area contributed by atoms with E-state index in [4.69, 9.17) is 7.85 Å². The van der Waals surface area contributed by atoms with E-state index in [1.807, 2.05) is 6.08 Å². The number of rotatable bonds is 7. The molecule has 3 aliphatic rings. The molecule has 0 bridgehead atoms. The van der Waals surface area contributed by atoms with E-state index in [-0.39, 0.29) is 0 Å². The monoisotopic (exact) mass is 499 g/mol. The van der Waals surface area contributed by atoms with Crippen LogP contribution in [0.4, 0.5) is 0 Å². The van der Waals surface area contributed by atoms with E-state index in [0.717, 1.165) is 77.4 Å². The van der Waals surface area contributed by atoms with Gasteiger partial charge in [0, 0.05) is 5.56 Å². The Labute approximate surface area is 232 Å². The lowest BCUT2D eigenvalue weighted by atomic mass is 9.75. The van der Waals surface area contributed by atoms with Gasteiger partial charge in [0.05, 0.1) is 5.71 Å². The molecular weight excluding hydrogens is 457 g/mol. The lowest BCUT2D eigenvalue weighted by Crippen LogP contribution is -2.15. The highest BCUT2D eigenvalue weighted by atomic mass is 14.5. The Kier molecular flexibility index (Phi) is 8.93. The second kappa shape index (κ2) is 12.2. The van der Waals surface area contributed by atoms with Gasteiger partial charge in [0.1, 0.15) is 7.85 Å². The minimum Gasteiger partial charge on any atom is -0.300 e. The molecule has 38 heavy (non-hydrogen) atoms. The summed E-state index contributed by atoms with van der Waals surface area (Å²) in [7, 11) is 6.72. The van der Waals surface area contributed by atoms with Gasteiger partial charge in [-0.25, -0.2) is 0 Å². The highest BCUT2D eigenvalue weighted by molar-refractivity contribution is 6.27. The summed E-state index contributed by atoms with van der Waals surface area (Å²) < 4.78 is 0. The maximum absolute atomic E-state index is 9.21. The quantitative estimate of drug-likeness (QED) is 0.285. The molecule has 0 spiro atoms. The predicted molar refractivity (Wildman–Crippen MR) is 166 cm³/mol. The van der Waals surface area contributed by atoms with Gasteiger partial charge >= 0.3 is 0 Å². The molecule has 1 saturated carbocycles. The Balaban J connectivity index is 1.56. The lowest BCUT2D eigenvalue weighted by Gasteiger charge is -2.28. The third kappa shape index (κ3) is 6.47. The molecule has 2 unspecified atom stereocenters. The molecule has 4 rings (SSSR count). The van der Waals surface area contributed by atoms with Crippen LogP contribution in [-0.4, -0.2) is 13.6 Å². The second-order valence-electron chi connectivity index (χ2n) is 11.5. The Hall–Kier alpha value is -3.13. The van der Waals surface area contributed by atoms with Crippen molar-refractivity contribution in [3.05, 3.63) is 129 Å². The molecule has 0 aromatic heterocycles. The van der Waals surface area contributed by atoms with Crippen molar-refractivity contribution in [1.82, 2.24) is 0 Å². The third-order valence-electron chi connectivity index (χ3n) is 8.33. The van der Waals surface area contributed by atoms with Gasteiger partial charge in [0.25, 0.3) is 0 Å². The molecule has 0 saturated heterocycles. The summed E-state index contributed by atoms with van der Waals surface area (Å²) in [5, 5.41) is 9.21. The van der Waals surface area contributed by atoms with E-state index in [1.54, 1.807) is 0 Å². The zero-order valence-electron chi connectivity index (χ0n) is 23.7. The van der Waals surface area contributed by atoms with Crippen molar-refractivity contribution in [2.24, 2.45) is 17.8 Å². The smallest absolute Gasteiger partial charge is 0.108 e. The van der Waals surface area contributed by atoms with E-state index in [1.165, 1.54) is 16.7 Å². The molecule has 0 aliphatic heterocycles. The fourth-order valence-corrected chi connectivity index (χ4v) is 6.01. The first kappa shape index (κ1) is 27.9. The molecule has 1 fully saturated rings. The molecule has 1 nitrogen and oxygen atoms in total. The fraction of sp³-hybridized carbons (Fsp3) is 0.361. The average Bonchev–Trinajstić information content (AvgIpc) is 3.73. The molecule has 0 amide bonds. The summed E-state index contributed by atoms with van der Waals surface area (Å²) in [6, 6.07) is 6.28. The molecule has 2 radical (unpaired) electrons. The van der Waals surface area contributed by atoms with E-state index < -0.39 is 0 Å². The summed E-state index contributed by atoms with van der Waals surface area (Å²) in [4.78, 5) is 0. The normalized spacial score (nSPS) is 26.3. The highest BCUT2D eigenvalue weighted by Gasteiger charge is 2.28. The molecule has 3 aliphatic carbocycles. The van der Waals surface area contributed by atoms with Crippen LogP contribution in [0, 0.1) is 37.0 Å². The van der Waals surface area contributed by atoms with Crippen LogP contribution in [0.1, 0.15) is 69.1 Å². The van der Waals surface area contributed by atoms with Gasteiger partial charge in [-0.3, -0.25) is 0 Å². The standard InChI is InChI=1S/C36H42BN/c1-7-28-13-9-10-24(3)31-18-14-29(22-33(31)27(6)20-23(2)21-28)15-19-32(35(37)30-16-17-30)36(38)34-25(4)11-8-12-26(34)5/h7-14,18,21,27,29-30,38H,1,3,15-17,19-20,22H2,2,4-6H3/b10-9+,23-21+,28-13-,35-32-,38-36?. The van der Waals surface area contributed by atoms with Crippen molar-refractivity contribution in [3.63, 3.8) is 0 Å². The Morgan fingerprint density at radius 2 is 1.82 bits per heavy atom. The van der Waals surface area contributed by atoms with Gasteiger partial charge in [-0.15, -0.1) is 5.47 Å². The summed E-state index contributed by atoms with van der Waals surface area (Å²) >= 11 is 0. The Bertz CT molecular complexity index is 1300. The SMILES string of the molecule is [B]/C(=C(/CCC1C=CC2=C(C1)C(C)C/C(C)=C/C(C=C)=C\C=C\C2=C)C(=N)c1c(C)cccc1C)C1CC1. The number of aryl methyl sites for hydroxylation is 2. The minimum absolute atomic E-state index is 0.428. The number of allylic oxidation sites excluding steroid dienone is 14. The van der Waals surface area contributed by atoms with Crippen LogP contribution in [0.2, 0.25) is 0 Å². The first-order valence-corrected chi connectivity index (χ1v) is 14.1. The number of benzene rings is 1. The molecule has 0 heterocycles. The highest BCUT2D eigenvalue weighted by Crippen LogP contribution is 2.41. The first-order chi connectivity index (χ1) is 18.2. The summed E-state index contributed by atoms with van der Waals surface area (Å²) in [6.07, 6.45) is 21.3. The number of nitrogens with one attached hydrogen (secondary N) is 1. The number of hydrogen-bond acceptors (Lipinski definition) is 1. The zero-order chi connectivity index (χ0) is 27.4. The topological polar surface area (TPSA) is 23.9 Å². The maximum Gasteiger partial charge on any atom is 0.108 e. The van der Waals surface area contributed by atoms with E-state index >= 15 is 0 Å². The van der Waals surface area contributed by atoms with Crippen molar-refractivity contribution in [2.45, 2.75) is 66.2 Å².